The third kappa shape index (κ3) is 4.19. The lowest BCUT2D eigenvalue weighted by Gasteiger charge is -2.06. The molecule has 0 aromatic carbocycles. The highest BCUT2D eigenvalue weighted by Gasteiger charge is 1.98. The Morgan fingerprint density at radius 1 is 1.46 bits per heavy atom. The molecule has 0 radical (unpaired) electrons. The monoisotopic (exact) mass is 201 g/mol. The number of rotatable bonds is 5. The van der Waals surface area contributed by atoms with Crippen LogP contribution in [0.15, 0.2) is 0 Å². The maximum atomic E-state index is 5.36. The molecule has 74 valence electrons. The second-order valence-corrected chi connectivity index (χ2v) is 4.15. The fraction of sp³-hybridized carbons (Fsp3) is 0.750. The van der Waals surface area contributed by atoms with Gasteiger partial charge in [-0.05, 0) is 20.8 Å². The van der Waals surface area contributed by atoms with Gasteiger partial charge >= 0.3 is 0 Å². The van der Waals surface area contributed by atoms with Gasteiger partial charge in [-0.3, -0.25) is 0 Å². The van der Waals surface area contributed by atoms with E-state index in [1.807, 2.05) is 20.8 Å². The summed E-state index contributed by atoms with van der Waals surface area (Å²) in [4.78, 5) is 0. The average molecular weight is 201 g/mol. The summed E-state index contributed by atoms with van der Waals surface area (Å²) in [5.41, 5.74) is 0. The average Bonchev–Trinajstić information content (AvgIpc) is 2.45. The molecule has 0 aliphatic rings. The van der Waals surface area contributed by atoms with Gasteiger partial charge in [0.05, 0.1) is 12.7 Å². The summed E-state index contributed by atoms with van der Waals surface area (Å²) in [6.07, 6.45) is 0.290. The van der Waals surface area contributed by atoms with E-state index in [4.69, 9.17) is 4.74 Å². The molecule has 1 aromatic heterocycles. The molecule has 13 heavy (non-hydrogen) atoms. The van der Waals surface area contributed by atoms with E-state index in [0.29, 0.717) is 6.61 Å². The SMILES string of the molecule is Cc1nnc(NCCOC(C)C)s1. The molecule has 0 bridgehead atoms. The van der Waals surface area contributed by atoms with Gasteiger partial charge in [0.15, 0.2) is 0 Å². The standard InChI is InChI=1S/C8H15N3OS/c1-6(2)12-5-4-9-8-11-10-7(3)13-8/h6H,4-5H2,1-3H3,(H,9,11). The minimum Gasteiger partial charge on any atom is -0.377 e. The van der Waals surface area contributed by atoms with Crippen molar-refractivity contribution in [1.29, 1.82) is 0 Å². The van der Waals surface area contributed by atoms with Gasteiger partial charge in [-0.1, -0.05) is 11.3 Å². The van der Waals surface area contributed by atoms with Crippen molar-refractivity contribution >= 4 is 16.5 Å². The van der Waals surface area contributed by atoms with Crippen molar-refractivity contribution in [3.8, 4) is 0 Å². The van der Waals surface area contributed by atoms with E-state index in [0.717, 1.165) is 16.7 Å². The van der Waals surface area contributed by atoms with Crippen LogP contribution in [0.3, 0.4) is 0 Å². The highest BCUT2D eigenvalue weighted by molar-refractivity contribution is 7.15. The van der Waals surface area contributed by atoms with Gasteiger partial charge in [0.25, 0.3) is 0 Å². The fourth-order valence-electron chi connectivity index (χ4n) is 0.821. The summed E-state index contributed by atoms with van der Waals surface area (Å²) in [7, 11) is 0. The predicted molar refractivity (Wildman–Crippen MR) is 54.2 cm³/mol. The summed E-state index contributed by atoms with van der Waals surface area (Å²) in [5.74, 6) is 0. The molecule has 0 atom stereocenters. The smallest absolute Gasteiger partial charge is 0.205 e. The van der Waals surface area contributed by atoms with Crippen LogP contribution >= 0.6 is 11.3 Å². The molecule has 1 N–H and O–H groups in total. The summed E-state index contributed by atoms with van der Waals surface area (Å²) in [6.45, 7) is 7.47. The van der Waals surface area contributed by atoms with Gasteiger partial charge in [-0.2, -0.15) is 0 Å². The molecule has 5 heteroatoms. The largest absolute Gasteiger partial charge is 0.377 e. The van der Waals surface area contributed by atoms with Crippen molar-refractivity contribution in [2.45, 2.75) is 26.9 Å². The topological polar surface area (TPSA) is 47.0 Å². The van der Waals surface area contributed by atoms with E-state index in [1.165, 1.54) is 0 Å². The van der Waals surface area contributed by atoms with Crippen LogP contribution in [0.5, 0.6) is 0 Å². The molecular weight excluding hydrogens is 186 g/mol. The van der Waals surface area contributed by atoms with Gasteiger partial charge in [0, 0.05) is 6.54 Å². The van der Waals surface area contributed by atoms with Crippen LogP contribution in [0.2, 0.25) is 0 Å². The second kappa shape index (κ2) is 5.14. The molecule has 0 aliphatic carbocycles. The van der Waals surface area contributed by atoms with Crippen LogP contribution in [-0.4, -0.2) is 29.5 Å². The lowest BCUT2D eigenvalue weighted by molar-refractivity contribution is 0.0870. The van der Waals surface area contributed by atoms with Crippen molar-refractivity contribution in [3.63, 3.8) is 0 Å². The third-order valence-corrected chi connectivity index (χ3v) is 2.15. The van der Waals surface area contributed by atoms with Crippen molar-refractivity contribution < 1.29 is 4.74 Å². The molecule has 0 spiro atoms. The molecule has 0 unspecified atom stereocenters. The molecule has 1 aromatic rings. The summed E-state index contributed by atoms with van der Waals surface area (Å²) in [5, 5.41) is 12.8. The Bertz CT molecular complexity index is 249. The van der Waals surface area contributed by atoms with E-state index in [2.05, 4.69) is 15.5 Å². The molecule has 0 saturated carbocycles. The highest BCUT2D eigenvalue weighted by Crippen LogP contribution is 2.12. The first-order valence-electron chi connectivity index (χ1n) is 4.34. The first-order valence-corrected chi connectivity index (χ1v) is 5.15. The maximum Gasteiger partial charge on any atom is 0.205 e. The molecule has 0 fully saturated rings. The van der Waals surface area contributed by atoms with Crippen LogP contribution in [0.1, 0.15) is 18.9 Å². The van der Waals surface area contributed by atoms with E-state index in [9.17, 15) is 0 Å². The normalized spacial score (nSPS) is 10.8. The molecule has 0 aliphatic heterocycles. The van der Waals surface area contributed by atoms with Crippen molar-refractivity contribution in [2.24, 2.45) is 0 Å². The first kappa shape index (κ1) is 10.4. The van der Waals surface area contributed by atoms with E-state index < -0.39 is 0 Å². The molecule has 0 saturated heterocycles. The van der Waals surface area contributed by atoms with Gasteiger partial charge in [-0.15, -0.1) is 10.2 Å². The number of nitrogens with one attached hydrogen (secondary N) is 1. The quantitative estimate of drug-likeness (QED) is 0.736. The predicted octanol–water partition coefficient (Wildman–Crippen LogP) is 1.68. The van der Waals surface area contributed by atoms with Crippen molar-refractivity contribution in [1.82, 2.24) is 10.2 Å². The van der Waals surface area contributed by atoms with E-state index >= 15 is 0 Å². The van der Waals surface area contributed by atoms with Gasteiger partial charge in [-0.25, -0.2) is 0 Å². The van der Waals surface area contributed by atoms with Crippen LogP contribution < -0.4 is 5.32 Å². The zero-order valence-corrected chi connectivity index (χ0v) is 9.02. The Balaban J connectivity index is 2.13. The van der Waals surface area contributed by atoms with Gasteiger partial charge in [0.1, 0.15) is 5.01 Å². The lowest BCUT2D eigenvalue weighted by atomic mass is 10.5. The van der Waals surface area contributed by atoms with Gasteiger partial charge < -0.3 is 10.1 Å². The zero-order chi connectivity index (χ0) is 9.68. The Kier molecular flexibility index (Phi) is 4.11. The number of ether oxygens (including phenoxy) is 1. The zero-order valence-electron chi connectivity index (χ0n) is 8.20. The number of anilines is 1. The summed E-state index contributed by atoms with van der Waals surface area (Å²) < 4.78 is 5.36. The van der Waals surface area contributed by atoms with Gasteiger partial charge in [0.2, 0.25) is 5.13 Å². The number of aryl methyl sites for hydroxylation is 1. The minimum atomic E-state index is 0.290. The maximum absolute atomic E-state index is 5.36. The third-order valence-electron chi connectivity index (χ3n) is 1.36. The number of hydrogen-bond donors (Lipinski definition) is 1. The fourth-order valence-corrected chi connectivity index (χ4v) is 1.44. The molecular formula is C8H15N3OS. The Morgan fingerprint density at radius 3 is 2.77 bits per heavy atom. The Labute approximate surface area is 82.3 Å². The van der Waals surface area contributed by atoms with Crippen molar-refractivity contribution in [2.75, 3.05) is 18.5 Å². The van der Waals surface area contributed by atoms with E-state index in [1.54, 1.807) is 11.3 Å². The summed E-state index contributed by atoms with van der Waals surface area (Å²) in [6, 6.07) is 0. The number of hydrogen-bond acceptors (Lipinski definition) is 5. The molecule has 1 heterocycles. The van der Waals surface area contributed by atoms with Crippen LogP contribution in [0, 0.1) is 6.92 Å². The van der Waals surface area contributed by atoms with Crippen LogP contribution in [0.4, 0.5) is 5.13 Å². The summed E-state index contributed by atoms with van der Waals surface area (Å²) >= 11 is 1.56. The minimum absolute atomic E-state index is 0.290. The molecule has 0 amide bonds. The van der Waals surface area contributed by atoms with E-state index in [-0.39, 0.29) is 6.10 Å². The Hall–Kier alpha value is -0.680. The number of aromatic nitrogens is 2. The second-order valence-electron chi connectivity index (χ2n) is 2.97. The van der Waals surface area contributed by atoms with Crippen molar-refractivity contribution in [3.05, 3.63) is 5.01 Å². The highest BCUT2D eigenvalue weighted by atomic mass is 32.1. The number of nitrogens with zero attached hydrogens (tertiary/aromatic N) is 2. The lowest BCUT2D eigenvalue weighted by Crippen LogP contribution is -2.12. The van der Waals surface area contributed by atoms with Crippen LogP contribution in [-0.2, 0) is 4.74 Å². The first-order chi connectivity index (χ1) is 6.18. The molecule has 1 rings (SSSR count). The Morgan fingerprint density at radius 2 is 2.23 bits per heavy atom. The van der Waals surface area contributed by atoms with Crippen LogP contribution in [0.25, 0.3) is 0 Å². The molecule has 4 nitrogen and oxygen atoms in total.